The van der Waals surface area contributed by atoms with Crippen LogP contribution in [0.25, 0.3) is 0 Å². The first-order valence-electron chi connectivity index (χ1n) is 4.35. The molecule has 3 nitrogen and oxygen atoms in total. The molecular formula is C9H15BrO3. The first-order valence-corrected chi connectivity index (χ1v) is 5.47. The van der Waals surface area contributed by atoms with Gasteiger partial charge in [-0.2, -0.15) is 0 Å². The number of methoxy groups -OCH3 is 1. The van der Waals surface area contributed by atoms with Crippen LogP contribution in [0.2, 0.25) is 0 Å². The molecule has 0 atom stereocenters. The Morgan fingerprint density at radius 3 is 2.31 bits per heavy atom. The average Bonchev–Trinajstić information content (AvgIpc) is 2.16. The Bertz CT molecular complexity index is 150. The standard InChI is InChI=1S/C9H15BrO3/c1-13-9(12)6-4-2-3-5-8(11)7-10/h2-7H2,1H3. The van der Waals surface area contributed by atoms with E-state index in [1.54, 1.807) is 0 Å². The summed E-state index contributed by atoms with van der Waals surface area (Å²) in [5.41, 5.74) is 0. The Hall–Kier alpha value is -0.380. The van der Waals surface area contributed by atoms with E-state index >= 15 is 0 Å². The van der Waals surface area contributed by atoms with E-state index in [9.17, 15) is 9.59 Å². The van der Waals surface area contributed by atoms with Crippen molar-refractivity contribution in [2.45, 2.75) is 32.1 Å². The van der Waals surface area contributed by atoms with Crippen LogP contribution >= 0.6 is 15.9 Å². The first kappa shape index (κ1) is 12.6. The van der Waals surface area contributed by atoms with Gasteiger partial charge in [0, 0.05) is 12.8 Å². The van der Waals surface area contributed by atoms with Crippen LogP contribution in [0.4, 0.5) is 0 Å². The predicted octanol–water partition coefficient (Wildman–Crippen LogP) is 2.07. The Morgan fingerprint density at radius 1 is 1.15 bits per heavy atom. The third-order valence-electron chi connectivity index (χ3n) is 1.71. The molecule has 0 aromatic carbocycles. The number of hydrogen-bond donors (Lipinski definition) is 0. The number of ketones is 1. The van der Waals surface area contributed by atoms with Crippen molar-refractivity contribution in [2.75, 3.05) is 12.4 Å². The van der Waals surface area contributed by atoms with E-state index in [0.717, 1.165) is 19.3 Å². The Kier molecular flexibility index (Phi) is 7.99. The van der Waals surface area contributed by atoms with E-state index in [1.165, 1.54) is 7.11 Å². The smallest absolute Gasteiger partial charge is 0.305 e. The van der Waals surface area contributed by atoms with E-state index in [0.29, 0.717) is 18.2 Å². The molecule has 0 aliphatic heterocycles. The molecule has 0 radical (unpaired) electrons. The molecule has 0 aromatic heterocycles. The minimum absolute atomic E-state index is 0.174. The number of Topliss-reactive ketones (excluding diaryl/α,β-unsaturated/α-hetero) is 1. The number of hydrogen-bond acceptors (Lipinski definition) is 3. The molecule has 0 saturated heterocycles. The Balaban J connectivity index is 3.17. The molecule has 0 aliphatic rings. The second-order valence-electron chi connectivity index (χ2n) is 2.81. The average molecular weight is 251 g/mol. The molecule has 0 fully saturated rings. The SMILES string of the molecule is COC(=O)CCCCCC(=O)CBr. The van der Waals surface area contributed by atoms with Gasteiger partial charge < -0.3 is 4.74 Å². The molecule has 0 aromatic rings. The normalized spacial score (nSPS) is 9.69. The highest BCUT2D eigenvalue weighted by Crippen LogP contribution is 2.05. The molecule has 0 N–H and O–H groups in total. The van der Waals surface area contributed by atoms with E-state index in [1.807, 2.05) is 0 Å². The van der Waals surface area contributed by atoms with Crippen LogP contribution in [0.5, 0.6) is 0 Å². The maximum Gasteiger partial charge on any atom is 0.305 e. The highest BCUT2D eigenvalue weighted by atomic mass is 79.9. The van der Waals surface area contributed by atoms with Crippen molar-refractivity contribution in [1.82, 2.24) is 0 Å². The lowest BCUT2D eigenvalue weighted by molar-refractivity contribution is -0.140. The molecule has 0 amide bonds. The second-order valence-corrected chi connectivity index (χ2v) is 3.37. The van der Waals surface area contributed by atoms with Gasteiger partial charge in [0.05, 0.1) is 12.4 Å². The van der Waals surface area contributed by atoms with Gasteiger partial charge in [-0.25, -0.2) is 0 Å². The number of alkyl halides is 1. The van der Waals surface area contributed by atoms with Gasteiger partial charge in [0.15, 0.2) is 0 Å². The first-order chi connectivity index (χ1) is 6.20. The molecule has 0 saturated carbocycles. The number of halogens is 1. The zero-order valence-corrected chi connectivity index (χ0v) is 9.43. The lowest BCUT2D eigenvalue weighted by Crippen LogP contribution is -2.01. The van der Waals surface area contributed by atoms with E-state index in [-0.39, 0.29) is 11.8 Å². The lowest BCUT2D eigenvalue weighted by Gasteiger charge is -1.99. The van der Waals surface area contributed by atoms with Crippen molar-refractivity contribution in [3.63, 3.8) is 0 Å². The molecular weight excluding hydrogens is 236 g/mol. The van der Waals surface area contributed by atoms with Crippen molar-refractivity contribution in [3.8, 4) is 0 Å². The van der Waals surface area contributed by atoms with E-state index in [4.69, 9.17) is 0 Å². The van der Waals surface area contributed by atoms with Gasteiger partial charge in [0.1, 0.15) is 5.78 Å². The number of unbranched alkanes of at least 4 members (excludes halogenated alkanes) is 2. The zero-order valence-electron chi connectivity index (χ0n) is 7.85. The fraction of sp³-hybridized carbons (Fsp3) is 0.778. The van der Waals surface area contributed by atoms with Crippen LogP contribution in [0.15, 0.2) is 0 Å². The van der Waals surface area contributed by atoms with Crippen molar-refractivity contribution >= 4 is 27.7 Å². The molecule has 0 bridgehead atoms. The maximum atomic E-state index is 10.8. The fourth-order valence-electron chi connectivity index (χ4n) is 0.937. The summed E-state index contributed by atoms with van der Waals surface area (Å²) in [6.45, 7) is 0. The summed E-state index contributed by atoms with van der Waals surface area (Å²) < 4.78 is 4.49. The molecule has 76 valence electrons. The van der Waals surface area contributed by atoms with Gasteiger partial charge in [-0.05, 0) is 12.8 Å². The summed E-state index contributed by atoms with van der Waals surface area (Å²) in [7, 11) is 1.39. The van der Waals surface area contributed by atoms with Crippen molar-refractivity contribution < 1.29 is 14.3 Å². The van der Waals surface area contributed by atoms with Crippen LogP contribution in [-0.4, -0.2) is 24.2 Å². The summed E-state index contributed by atoms with van der Waals surface area (Å²) in [5, 5.41) is 0.435. The number of carbonyl (C=O) groups excluding carboxylic acids is 2. The van der Waals surface area contributed by atoms with Crippen molar-refractivity contribution in [1.29, 1.82) is 0 Å². The minimum atomic E-state index is -0.174. The molecule has 0 rings (SSSR count). The summed E-state index contributed by atoms with van der Waals surface area (Å²) >= 11 is 3.09. The number of rotatable bonds is 7. The van der Waals surface area contributed by atoms with Gasteiger partial charge in [0.25, 0.3) is 0 Å². The predicted molar refractivity (Wildman–Crippen MR) is 53.9 cm³/mol. The fourth-order valence-corrected chi connectivity index (χ4v) is 1.22. The zero-order chi connectivity index (χ0) is 10.1. The number of ether oxygens (including phenoxy) is 1. The van der Waals surface area contributed by atoms with Crippen LogP contribution in [0, 0.1) is 0 Å². The molecule has 0 heterocycles. The highest BCUT2D eigenvalue weighted by molar-refractivity contribution is 9.09. The Morgan fingerprint density at radius 2 is 1.77 bits per heavy atom. The monoisotopic (exact) mass is 250 g/mol. The van der Waals surface area contributed by atoms with Crippen LogP contribution in [0.1, 0.15) is 32.1 Å². The number of esters is 1. The molecule has 4 heteroatoms. The lowest BCUT2D eigenvalue weighted by atomic mass is 10.1. The minimum Gasteiger partial charge on any atom is -0.469 e. The van der Waals surface area contributed by atoms with Crippen LogP contribution < -0.4 is 0 Å². The third kappa shape index (κ3) is 7.96. The quantitative estimate of drug-likeness (QED) is 0.395. The third-order valence-corrected chi connectivity index (χ3v) is 2.34. The molecule has 13 heavy (non-hydrogen) atoms. The van der Waals surface area contributed by atoms with Gasteiger partial charge in [0.2, 0.25) is 0 Å². The summed E-state index contributed by atoms with van der Waals surface area (Å²) in [6.07, 6.45) is 3.64. The Labute approximate surface area is 87.0 Å². The molecule has 0 aliphatic carbocycles. The largest absolute Gasteiger partial charge is 0.469 e. The van der Waals surface area contributed by atoms with Gasteiger partial charge in [-0.3, -0.25) is 9.59 Å². The number of carbonyl (C=O) groups is 2. The highest BCUT2D eigenvalue weighted by Gasteiger charge is 2.01. The van der Waals surface area contributed by atoms with E-state index < -0.39 is 0 Å². The summed E-state index contributed by atoms with van der Waals surface area (Å²) in [5.74, 6) is 0.0462. The second kappa shape index (κ2) is 8.23. The van der Waals surface area contributed by atoms with Gasteiger partial charge in [-0.15, -0.1) is 0 Å². The van der Waals surface area contributed by atoms with Gasteiger partial charge >= 0.3 is 5.97 Å². The summed E-state index contributed by atoms with van der Waals surface area (Å²) in [6, 6.07) is 0. The molecule has 0 spiro atoms. The van der Waals surface area contributed by atoms with Crippen molar-refractivity contribution in [2.24, 2.45) is 0 Å². The van der Waals surface area contributed by atoms with Gasteiger partial charge in [-0.1, -0.05) is 22.4 Å². The maximum absolute atomic E-state index is 10.8. The van der Waals surface area contributed by atoms with Crippen LogP contribution in [-0.2, 0) is 14.3 Å². The van der Waals surface area contributed by atoms with Crippen LogP contribution in [0.3, 0.4) is 0 Å². The molecule has 0 unspecified atom stereocenters. The topological polar surface area (TPSA) is 43.4 Å². The van der Waals surface area contributed by atoms with Crippen molar-refractivity contribution in [3.05, 3.63) is 0 Å². The summed E-state index contributed by atoms with van der Waals surface area (Å²) in [4.78, 5) is 21.5. The van der Waals surface area contributed by atoms with E-state index in [2.05, 4.69) is 20.7 Å².